The van der Waals surface area contributed by atoms with E-state index in [1.807, 2.05) is 18.2 Å². The molecule has 10 heteroatoms. The quantitative estimate of drug-likeness (QED) is 0.604. The number of Topliss-reactive ketones (excluding diaryl/α,β-unsaturated/α-hetero) is 1. The molecule has 0 spiro atoms. The standard InChI is InChI=1S/C19H20N4O6/c24-16-13(7-4-8-20-18(16)26)22-17(25)15(14-10-28-11-21-14)23-19(27)29-9-12-5-2-1-3-6-12/h1-3,5-6,10-11,13,15H,4,7-9H2,(H,20,26)(H,22,25)(H,23,27). The molecule has 3 rings (SSSR count). The van der Waals surface area contributed by atoms with Gasteiger partial charge in [0.15, 0.2) is 12.4 Å². The zero-order valence-corrected chi connectivity index (χ0v) is 15.4. The first-order valence-corrected chi connectivity index (χ1v) is 9.02. The molecule has 2 unspecified atom stereocenters. The van der Waals surface area contributed by atoms with Gasteiger partial charge in [-0.1, -0.05) is 30.3 Å². The summed E-state index contributed by atoms with van der Waals surface area (Å²) in [6, 6.07) is 6.79. The topological polar surface area (TPSA) is 140 Å². The molecule has 2 heterocycles. The summed E-state index contributed by atoms with van der Waals surface area (Å²) in [6.45, 7) is 0.370. The van der Waals surface area contributed by atoms with E-state index >= 15 is 0 Å². The molecule has 1 aliphatic heterocycles. The molecule has 0 aliphatic carbocycles. The lowest BCUT2D eigenvalue weighted by Gasteiger charge is -2.20. The summed E-state index contributed by atoms with van der Waals surface area (Å²) in [4.78, 5) is 52.6. The molecule has 1 aliphatic rings. The van der Waals surface area contributed by atoms with E-state index in [1.54, 1.807) is 12.1 Å². The van der Waals surface area contributed by atoms with Crippen molar-refractivity contribution in [2.45, 2.75) is 31.5 Å². The highest BCUT2D eigenvalue weighted by Gasteiger charge is 2.33. The van der Waals surface area contributed by atoms with Crippen molar-refractivity contribution in [3.05, 3.63) is 54.2 Å². The van der Waals surface area contributed by atoms with Gasteiger partial charge in [0.2, 0.25) is 11.7 Å². The van der Waals surface area contributed by atoms with E-state index in [1.165, 1.54) is 6.26 Å². The Morgan fingerprint density at radius 3 is 2.79 bits per heavy atom. The Bertz CT molecular complexity index is 868. The van der Waals surface area contributed by atoms with Crippen molar-refractivity contribution < 1.29 is 28.3 Å². The third kappa shape index (κ3) is 5.41. The molecule has 0 saturated carbocycles. The van der Waals surface area contributed by atoms with Crippen LogP contribution in [0.2, 0.25) is 0 Å². The van der Waals surface area contributed by atoms with E-state index in [0.29, 0.717) is 19.4 Å². The van der Waals surface area contributed by atoms with Gasteiger partial charge in [0, 0.05) is 6.54 Å². The lowest BCUT2D eigenvalue weighted by molar-refractivity contribution is -0.139. The molecular formula is C19H20N4O6. The Morgan fingerprint density at radius 2 is 2.07 bits per heavy atom. The summed E-state index contributed by atoms with van der Waals surface area (Å²) >= 11 is 0. The van der Waals surface area contributed by atoms with Crippen molar-refractivity contribution >= 4 is 23.7 Å². The van der Waals surface area contributed by atoms with E-state index in [9.17, 15) is 19.2 Å². The molecular weight excluding hydrogens is 380 g/mol. The first-order valence-electron chi connectivity index (χ1n) is 9.02. The van der Waals surface area contributed by atoms with Gasteiger partial charge in [0.25, 0.3) is 5.91 Å². The molecule has 29 heavy (non-hydrogen) atoms. The second-order valence-corrected chi connectivity index (χ2v) is 6.38. The maximum atomic E-state index is 12.7. The predicted molar refractivity (Wildman–Crippen MR) is 98.2 cm³/mol. The minimum absolute atomic E-state index is 0.0150. The van der Waals surface area contributed by atoms with Crippen LogP contribution in [-0.4, -0.2) is 41.3 Å². The minimum atomic E-state index is -1.25. The fourth-order valence-electron chi connectivity index (χ4n) is 2.80. The highest BCUT2D eigenvalue weighted by atomic mass is 16.5. The third-order valence-electron chi connectivity index (χ3n) is 4.30. The Balaban J connectivity index is 1.65. The molecule has 1 aromatic heterocycles. The van der Waals surface area contributed by atoms with E-state index in [-0.39, 0.29) is 12.3 Å². The van der Waals surface area contributed by atoms with Gasteiger partial charge in [-0.2, -0.15) is 0 Å². The number of carbonyl (C=O) groups is 4. The molecule has 3 N–H and O–H groups in total. The highest BCUT2D eigenvalue weighted by molar-refractivity contribution is 6.38. The van der Waals surface area contributed by atoms with Gasteiger partial charge >= 0.3 is 6.09 Å². The minimum Gasteiger partial charge on any atom is -0.451 e. The average molecular weight is 400 g/mol. The van der Waals surface area contributed by atoms with Crippen molar-refractivity contribution in [2.75, 3.05) is 6.54 Å². The smallest absolute Gasteiger partial charge is 0.408 e. The van der Waals surface area contributed by atoms with Crippen LogP contribution < -0.4 is 16.0 Å². The van der Waals surface area contributed by atoms with Crippen LogP contribution in [0.4, 0.5) is 4.79 Å². The zero-order valence-electron chi connectivity index (χ0n) is 15.4. The molecule has 1 aromatic carbocycles. The fraction of sp³-hybridized carbons (Fsp3) is 0.316. The third-order valence-corrected chi connectivity index (χ3v) is 4.30. The Kier molecular flexibility index (Phi) is 6.56. The van der Waals surface area contributed by atoms with Crippen molar-refractivity contribution in [2.24, 2.45) is 0 Å². The van der Waals surface area contributed by atoms with Gasteiger partial charge in [-0.25, -0.2) is 9.78 Å². The maximum Gasteiger partial charge on any atom is 0.408 e. The number of ketones is 1. The Morgan fingerprint density at radius 1 is 1.28 bits per heavy atom. The summed E-state index contributed by atoms with van der Waals surface area (Å²) in [5.41, 5.74) is 0.907. The molecule has 1 fully saturated rings. The SMILES string of the molecule is O=C(NC(C(=O)NC1CCCNC(=O)C1=O)c1cocn1)OCc1ccccc1. The normalized spacial score (nSPS) is 17.6. The predicted octanol–water partition coefficient (Wildman–Crippen LogP) is 0.606. The number of benzene rings is 1. The first-order chi connectivity index (χ1) is 14.0. The van der Waals surface area contributed by atoms with Crippen LogP contribution in [0.5, 0.6) is 0 Å². The lowest BCUT2D eigenvalue weighted by atomic mass is 10.1. The lowest BCUT2D eigenvalue weighted by Crippen LogP contribution is -2.49. The number of ether oxygens (including phenoxy) is 1. The summed E-state index contributed by atoms with van der Waals surface area (Å²) in [6.07, 6.45) is 2.29. The number of amides is 3. The monoisotopic (exact) mass is 400 g/mol. The van der Waals surface area contributed by atoms with Crippen LogP contribution in [0.15, 0.2) is 47.4 Å². The number of carbonyl (C=O) groups excluding carboxylic acids is 4. The number of nitrogens with zero attached hydrogens (tertiary/aromatic N) is 1. The van der Waals surface area contributed by atoms with Crippen LogP contribution in [0.3, 0.4) is 0 Å². The van der Waals surface area contributed by atoms with E-state index in [4.69, 9.17) is 9.15 Å². The largest absolute Gasteiger partial charge is 0.451 e. The number of nitrogens with one attached hydrogen (secondary N) is 3. The van der Waals surface area contributed by atoms with Crippen molar-refractivity contribution in [1.29, 1.82) is 0 Å². The van der Waals surface area contributed by atoms with E-state index < -0.39 is 35.8 Å². The highest BCUT2D eigenvalue weighted by Crippen LogP contribution is 2.13. The first kappa shape index (κ1) is 20.1. The maximum absolute atomic E-state index is 12.7. The average Bonchev–Trinajstić information content (AvgIpc) is 3.22. The molecule has 1 saturated heterocycles. The molecule has 0 bridgehead atoms. The van der Waals surface area contributed by atoms with Gasteiger partial charge in [0.05, 0.1) is 6.04 Å². The number of hydrogen-bond donors (Lipinski definition) is 3. The second kappa shape index (κ2) is 9.49. The van der Waals surface area contributed by atoms with E-state index in [0.717, 1.165) is 12.0 Å². The van der Waals surface area contributed by atoms with Gasteiger partial charge in [-0.15, -0.1) is 0 Å². The summed E-state index contributed by atoms with van der Waals surface area (Å²) in [5, 5.41) is 7.38. The van der Waals surface area contributed by atoms with Crippen LogP contribution in [0.1, 0.15) is 30.1 Å². The molecule has 2 atom stereocenters. The van der Waals surface area contributed by atoms with Gasteiger partial charge in [0.1, 0.15) is 18.6 Å². The van der Waals surface area contributed by atoms with E-state index in [2.05, 4.69) is 20.9 Å². The number of oxazole rings is 1. The summed E-state index contributed by atoms with van der Waals surface area (Å²) in [7, 11) is 0. The van der Waals surface area contributed by atoms with Crippen molar-refractivity contribution in [3.63, 3.8) is 0 Å². The number of aromatic nitrogens is 1. The van der Waals surface area contributed by atoms with Crippen molar-refractivity contribution in [1.82, 2.24) is 20.9 Å². The molecule has 10 nitrogen and oxygen atoms in total. The molecule has 0 radical (unpaired) electrons. The van der Waals surface area contributed by atoms with Crippen LogP contribution in [0, 0.1) is 0 Å². The summed E-state index contributed by atoms with van der Waals surface area (Å²) in [5.74, 6) is -2.19. The van der Waals surface area contributed by atoms with Crippen LogP contribution in [-0.2, 0) is 25.7 Å². The number of hydrogen-bond acceptors (Lipinski definition) is 7. The Hall–Kier alpha value is -3.69. The second-order valence-electron chi connectivity index (χ2n) is 6.38. The molecule has 3 amide bonds. The van der Waals surface area contributed by atoms with Crippen molar-refractivity contribution in [3.8, 4) is 0 Å². The number of rotatable bonds is 6. The van der Waals surface area contributed by atoms with Gasteiger partial charge in [-0.05, 0) is 18.4 Å². The Labute approximate surface area is 166 Å². The van der Waals surface area contributed by atoms with Crippen LogP contribution >= 0.6 is 0 Å². The zero-order chi connectivity index (χ0) is 20.6. The number of alkyl carbamates (subject to hydrolysis) is 1. The van der Waals surface area contributed by atoms with Gasteiger partial charge < -0.3 is 25.1 Å². The van der Waals surface area contributed by atoms with Crippen LogP contribution in [0.25, 0.3) is 0 Å². The summed E-state index contributed by atoms with van der Waals surface area (Å²) < 4.78 is 10.0. The molecule has 2 aromatic rings. The molecule has 152 valence electrons. The fourth-order valence-corrected chi connectivity index (χ4v) is 2.80. The van der Waals surface area contributed by atoms with Gasteiger partial charge in [-0.3, -0.25) is 14.4 Å².